The Morgan fingerprint density at radius 3 is 2.93 bits per heavy atom. The fourth-order valence-corrected chi connectivity index (χ4v) is 6.40. The van der Waals surface area contributed by atoms with Crippen molar-refractivity contribution in [1.29, 1.82) is 0 Å². The Morgan fingerprint density at radius 1 is 1.25 bits per heavy atom. The number of aromatic nitrogens is 2. The quantitative estimate of drug-likeness (QED) is 0.783. The van der Waals surface area contributed by atoms with Gasteiger partial charge in [-0.1, -0.05) is 6.42 Å². The van der Waals surface area contributed by atoms with Gasteiger partial charge < -0.3 is 9.64 Å². The van der Waals surface area contributed by atoms with E-state index in [1.807, 2.05) is 11.6 Å². The van der Waals surface area contributed by atoms with Gasteiger partial charge in [0.1, 0.15) is 10.7 Å². The molecule has 0 spiro atoms. The molecule has 2 aliphatic heterocycles. The molecule has 8 heteroatoms. The van der Waals surface area contributed by atoms with E-state index in [1.165, 1.54) is 10.4 Å². The smallest absolute Gasteiger partial charge is 0.262 e. The molecule has 0 aromatic carbocycles. The van der Waals surface area contributed by atoms with Gasteiger partial charge in [-0.25, -0.2) is 4.98 Å². The monoisotopic (exact) mass is 402 g/mol. The molecule has 1 fully saturated rings. The molecular weight excluding hydrogens is 376 g/mol. The zero-order valence-corrected chi connectivity index (χ0v) is 17.3. The third-order valence-electron chi connectivity index (χ3n) is 6.55. The van der Waals surface area contributed by atoms with Gasteiger partial charge in [-0.3, -0.25) is 19.1 Å². The topological polar surface area (TPSA) is 67.7 Å². The van der Waals surface area contributed by atoms with Crippen LogP contribution in [-0.4, -0.2) is 59.1 Å². The molecule has 5 rings (SSSR count). The maximum absolute atomic E-state index is 13.6. The van der Waals surface area contributed by atoms with Crippen molar-refractivity contribution in [2.45, 2.75) is 44.8 Å². The van der Waals surface area contributed by atoms with Crippen LogP contribution in [0.25, 0.3) is 10.2 Å². The second kappa shape index (κ2) is 6.93. The first kappa shape index (κ1) is 18.3. The van der Waals surface area contributed by atoms with Crippen LogP contribution in [0.1, 0.15) is 41.6 Å². The SMILES string of the molecule is COCCN1CCc2c(sc3nc4n(c(=O)c23)C2CCC[C@@H]2C(=O)N(C)C4)C1. The molecule has 2 aromatic heterocycles. The number of thiophene rings is 1. The van der Waals surface area contributed by atoms with Crippen molar-refractivity contribution in [3.8, 4) is 0 Å². The highest BCUT2D eigenvalue weighted by Gasteiger charge is 2.41. The molecule has 2 aromatic rings. The maximum atomic E-state index is 13.6. The lowest BCUT2D eigenvalue weighted by Crippen LogP contribution is -2.34. The third-order valence-corrected chi connectivity index (χ3v) is 7.66. The lowest BCUT2D eigenvalue weighted by molar-refractivity contribution is -0.134. The Bertz CT molecular complexity index is 997. The molecule has 0 bridgehead atoms. The zero-order chi connectivity index (χ0) is 19.4. The van der Waals surface area contributed by atoms with Crippen molar-refractivity contribution in [3.63, 3.8) is 0 Å². The van der Waals surface area contributed by atoms with Gasteiger partial charge in [0.05, 0.1) is 30.5 Å². The summed E-state index contributed by atoms with van der Waals surface area (Å²) in [5.74, 6) is 0.825. The minimum Gasteiger partial charge on any atom is -0.383 e. The zero-order valence-electron chi connectivity index (χ0n) is 16.4. The summed E-state index contributed by atoms with van der Waals surface area (Å²) in [4.78, 5) is 37.5. The predicted molar refractivity (Wildman–Crippen MR) is 108 cm³/mol. The molecule has 0 radical (unpaired) electrons. The minimum atomic E-state index is -0.0813. The molecule has 1 unspecified atom stereocenters. The fourth-order valence-electron chi connectivity index (χ4n) is 5.13. The van der Waals surface area contributed by atoms with Crippen molar-refractivity contribution in [3.05, 3.63) is 26.6 Å². The highest BCUT2D eigenvalue weighted by Crippen LogP contribution is 2.40. The molecule has 1 aliphatic carbocycles. The van der Waals surface area contributed by atoms with Gasteiger partial charge >= 0.3 is 0 Å². The lowest BCUT2D eigenvalue weighted by Gasteiger charge is -2.26. The first-order valence-electron chi connectivity index (χ1n) is 10.1. The molecule has 0 N–H and O–H groups in total. The van der Waals surface area contributed by atoms with Crippen LogP contribution in [0.5, 0.6) is 0 Å². The van der Waals surface area contributed by atoms with Crippen LogP contribution >= 0.6 is 11.3 Å². The molecule has 28 heavy (non-hydrogen) atoms. The van der Waals surface area contributed by atoms with Crippen LogP contribution in [0.3, 0.4) is 0 Å². The number of amides is 1. The summed E-state index contributed by atoms with van der Waals surface area (Å²) in [7, 11) is 3.56. The van der Waals surface area contributed by atoms with Crippen LogP contribution in [0.4, 0.5) is 0 Å². The number of hydrogen-bond donors (Lipinski definition) is 0. The first-order chi connectivity index (χ1) is 13.6. The van der Waals surface area contributed by atoms with Gasteiger partial charge in [-0.05, 0) is 24.8 Å². The Hall–Kier alpha value is -1.77. The summed E-state index contributed by atoms with van der Waals surface area (Å²) < 4.78 is 7.09. The van der Waals surface area contributed by atoms with Crippen LogP contribution in [0, 0.1) is 5.92 Å². The summed E-state index contributed by atoms with van der Waals surface area (Å²) in [6.07, 6.45) is 3.63. The molecule has 4 heterocycles. The van der Waals surface area contributed by atoms with E-state index in [4.69, 9.17) is 9.72 Å². The summed E-state index contributed by atoms with van der Waals surface area (Å²) in [6.45, 7) is 3.85. The van der Waals surface area contributed by atoms with Crippen molar-refractivity contribution >= 4 is 27.5 Å². The van der Waals surface area contributed by atoms with E-state index in [0.717, 1.165) is 68.0 Å². The second-order valence-electron chi connectivity index (χ2n) is 8.21. The lowest BCUT2D eigenvalue weighted by atomic mass is 10.0. The van der Waals surface area contributed by atoms with E-state index in [9.17, 15) is 9.59 Å². The molecule has 7 nitrogen and oxygen atoms in total. The Morgan fingerprint density at radius 2 is 2.11 bits per heavy atom. The minimum absolute atomic E-state index is 0.0332. The average Bonchev–Trinajstić information content (AvgIpc) is 3.27. The maximum Gasteiger partial charge on any atom is 0.262 e. The summed E-state index contributed by atoms with van der Waals surface area (Å²) in [5, 5.41) is 0.804. The molecule has 3 aliphatic rings. The Kier molecular flexibility index (Phi) is 4.52. The van der Waals surface area contributed by atoms with Gasteiger partial charge in [0.2, 0.25) is 5.91 Å². The standard InChI is InChI=1S/C20H26N4O3S/c1-22-11-16-21-18-17(13-6-7-23(8-9-27-2)10-15(13)28-18)20(26)24(16)14-5-3-4-12(14)19(22)25/h12,14H,3-11H2,1-2H3/t12-,14?/m0/s1. The second-order valence-corrected chi connectivity index (χ2v) is 9.29. The summed E-state index contributed by atoms with van der Waals surface area (Å²) in [5.41, 5.74) is 1.25. The van der Waals surface area contributed by atoms with E-state index in [2.05, 4.69) is 4.90 Å². The van der Waals surface area contributed by atoms with Gasteiger partial charge in [0, 0.05) is 38.7 Å². The van der Waals surface area contributed by atoms with E-state index in [0.29, 0.717) is 6.54 Å². The predicted octanol–water partition coefficient (Wildman–Crippen LogP) is 1.78. The first-order valence-corrected chi connectivity index (χ1v) is 10.9. The molecular formula is C20H26N4O3S. The number of rotatable bonds is 3. The largest absolute Gasteiger partial charge is 0.383 e. The van der Waals surface area contributed by atoms with Crippen molar-refractivity contribution in [2.75, 3.05) is 33.9 Å². The number of ether oxygens (including phenoxy) is 1. The number of carbonyl (C=O) groups is 1. The summed E-state index contributed by atoms with van der Waals surface area (Å²) in [6, 6.07) is -0.0332. The number of carbonyl (C=O) groups excluding carboxylic acids is 1. The van der Waals surface area contributed by atoms with Crippen LogP contribution < -0.4 is 5.56 Å². The molecule has 0 saturated heterocycles. The normalized spacial score (nSPS) is 24.9. The van der Waals surface area contributed by atoms with Gasteiger partial charge in [0.25, 0.3) is 5.56 Å². The molecule has 2 atom stereocenters. The van der Waals surface area contributed by atoms with Gasteiger partial charge in [0.15, 0.2) is 0 Å². The van der Waals surface area contributed by atoms with E-state index < -0.39 is 0 Å². The molecule has 1 amide bonds. The Labute approximate surface area is 167 Å². The molecule has 1 saturated carbocycles. The Balaban J connectivity index is 1.62. The van der Waals surface area contributed by atoms with Gasteiger partial charge in [-0.15, -0.1) is 11.3 Å². The number of methoxy groups -OCH3 is 1. The van der Waals surface area contributed by atoms with Crippen LogP contribution in [-0.2, 0) is 29.0 Å². The highest BCUT2D eigenvalue weighted by atomic mass is 32.1. The average molecular weight is 403 g/mol. The van der Waals surface area contributed by atoms with Crippen molar-refractivity contribution in [2.24, 2.45) is 5.92 Å². The van der Waals surface area contributed by atoms with Crippen LogP contribution in [0.15, 0.2) is 4.79 Å². The molecule has 150 valence electrons. The van der Waals surface area contributed by atoms with Crippen LogP contribution in [0.2, 0.25) is 0 Å². The number of fused-ring (bicyclic) bond motifs is 6. The number of hydrogen-bond acceptors (Lipinski definition) is 6. The fraction of sp³-hybridized carbons (Fsp3) is 0.650. The number of nitrogens with zero attached hydrogens (tertiary/aromatic N) is 4. The van der Waals surface area contributed by atoms with E-state index >= 15 is 0 Å². The van der Waals surface area contributed by atoms with E-state index in [1.54, 1.807) is 23.3 Å². The van der Waals surface area contributed by atoms with Crippen molar-refractivity contribution < 1.29 is 9.53 Å². The van der Waals surface area contributed by atoms with Crippen molar-refractivity contribution in [1.82, 2.24) is 19.4 Å². The van der Waals surface area contributed by atoms with E-state index in [-0.39, 0.29) is 23.4 Å². The van der Waals surface area contributed by atoms with Gasteiger partial charge in [-0.2, -0.15) is 0 Å². The third kappa shape index (κ3) is 2.73. The highest BCUT2D eigenvalue weighted by molar-refractivity contribution is 7.18. The summed E-state index contributed by atoms with van der Waals surface area (Å²) >= 11 is 1.65.